The molecule has 2 aliphatic rings. The Bertz CT molecular complexity index is 896. The van der Waals surface area contributed by atoms with Gasteiger partial charge in [0.2, 0.25) is 0 Å². The summed E-state index contributed by atoms with van der Waals surface area (Å²) in [5.74, 6) is 0.978. The molecule has 1 saturated heterocycles. The second-order valence-electron chi connectivity index (χ2n) is 8.03. The Morgan fingerprint density at radius 3 is 2.56 bits per heavy atom. The molecule has 1 N–H and O–H groups in total. The lowest BCUT2D eigenvalue weighted by Crippen LogP contribution is -2.49. The highest BCUT2D eigenvalue weighted by Crippen LogP contribution is 2.27. The number of hydrogen-bond acceptors (Lipinski definition) is 3. The van der Waals surface area contributed by atoms with Crippen molar-refractivity contribution in [2.24, 2.45) is 0 Å². The molecule has 0 bridgehead atoms. The van der Waals surface area contributed by atoms with Gasteiger partial charge in [-0.2, -0.15) is 0 Å². The molecular weight excluding hydrogens is 332 g/mol. The Morgan fingerprint density at radius 1 is 0.926 bits per heavy atom. The number of aromatic amines is 1. The SMILES string of the molecule is c1ccc2c(-c3ncc(CN4CCN(C5CCCC5)CC4)[nH]3)cccc2c1. The van der Waals surface area contributed by atoms with Crippen molar-refractivity contribution in [1.29, 1.82) is 0 Å². The highest BCUT2D eigenvalue weighted by Gasteiger charge is 2.26. The molecule has 1 aliphatic heterocycles. The van der Waals surface area contributed by atoms with Crippen LogP contribution in [0.2, 0.25) is 0 Å². The van der Waals surface area contributed by atoms with Crippen molar-refractivity contribution < 1.29 is 0 Å². The summed E-state index contributed by atoms with van der Waals surface area (Å²) < 4.78 is 0. The molecule has 1 aromatic heterocycles. The number of imidazole rings is 1. The minimum absolute atomic E-state index is 0.859. The number of fused-ring (bicyclic) bond motifs is 1. The lowest BCUT2D eigenvalue weighted by Gasteiger charge is -2.37. The molecule has 5 rings (SSSR count). The van der Waals surface area contributed by atoms with Crippen LogP contribution in [0.1, 0.15) is 31.4 Å². The summed E-state index contributed by atoms with van der Waals surface area (Å²) in [6, 6.07) is 15.8. The zero-order valence-electron chi connectivity index (χ0n) is 15.9. The minimum atomic E-state index is 0.859. The number of piperazine rings is 1. The molecule has 2 heterocycles. The van der Waals surface area contributed by atoms with Gasteiger partial charge in [-0.05, 0) is 23.6 Å². The average molecular weight is 361 g/mol. The van der Waals surface area contributed by atoms with Crippen molar-refractivity contribution in [2.45, 2.75) is 38.3 Å². The number of hydrogen-bond donors (Lipinski definition) is 1. The first-order valence-corrected chi connectivity index (χ1v) is 10.4. The van der Waals surface area contributed by atoms with Crippen molar-refractivity contribution in [2.75, 3.05) is 26.2 Å². The summed E-state index contributed by atoms with van der Waals surface area (Å²) >= 11 is 0. The van der Waals surface area contributed by atoms with Crippen molar-refractivity contribution in [1.82, 2.24) is 19.8 Å². The maximum atomic E-state index is 4.69. The molecule has 0 atom stereocenters. The van der Waals surface area contributed by atoms with Crippen LogP contribution in [-0.4, -0.2) is 52.0 Å². The highest BCUT2D eigenvalue weighted by molar-refractivity contribution is 5.95. The summed E-state index contributed by atoms with van der Waals surface area (Å²) in [6.07, 6.45) is 7.69. The Kier molecular flexibility index (Phi) is 4.68. The minimum Gasteiger partial charge on any atom is -0.341 e. The van der Waals surface area contributed by atoms with Gasteiger partial charge in [-0.3, -0.25) is 9.80 Å². The predicted octanol–water partition coefficient (Wildman–Crippen LogP) is 4.29. The fourth-order valence-electron chi connectivity index (χ4n) is 4.81. The summed E-state index contributed by atoms with van der Waals surface area (Å²) in [5, 5.41) is 2.52. The van der Waals surface area contributed by atoms with E-state index < -0.39 is 0 Å². The van der Waals surface area contributed by atoms with Gasteiger partial charge in [-0.1, -0.05) is 55.3 Å². The van der Waals surface area contributed by atoms with Crippen LogP contribution in [0.25, 0.3) is 22.2 Å². The van der Waals surface area contributed by atoms with E-state index in [4.69, 9.17) is 0 Å². The van der Waals surface area contributed by atoms with Gasteiger partial charge in [0.1, 0.15) is 5.82 Å². The molecule has 4 nitrogen and oxygen atoms in total. The van der Waals surface area contributed by atoms with Crippen molar-refractivity contribution in [3.05, 3.63) is 54.4 Å². The third kappa shape index (κ3) is 3.52. The van der Waals surface area contributed by atoms with E-state index >= 15 is 0 Å². The topological polar surface area (TPSA) is 35.2 Å². The van der Waals surface area contributed by atoms with Gasteiger partial charge in [0.15, 0.2) is 0 Å². The Labute approximate surface area is 161 Å². The number of benzene rings is 2. The molecular formula is C23H28N4. The number of rotatable bonds is 4. The molecule has 2 aromatic carbocycles. The number of nitrogens with one attached hydrogen (secondary N) is 1. The molecule has 0 spiro atoms. The maximum Gasteiger partial charge on any atom is 0.138 e. The predicted molar refractivity (Wildman–Crippen MR) is 111 cm³/mol. The fraction of sp³-hybridized carbons (Fsp3) is 0.435. The summed E-state index contributed by atoms with van der Waals surface area (Å²) in [4.78, 5) is 13.5. The van der Waals surface area contributed by atoms with Crippen LogP contribution in [0.5, 0.6) is 0 Å². The van der Waals surface area contributed by atoms with Crippen LogP contribution in [0, 0.1) is 0 Å². The molecule has 2 fully saturated rings. The van der Waals surface area contributed by atoms with Gasteiger partial charge in [-0.15, -0.1) is 0 Å². The third-order valence-electron chi connectivity index (χ3n) is 6.32. The van der Waals surface area contributed by atoms with Gasteiger partial charge in [0.25, 0.3) is 0 Å². The molecule has 4 heteroatoms. The first kappa shape index (κ1) is 17.0. The lowest BCUT2D eigenvalue weighted by atomic mass is 10.0. The van der Waals surface area contributed by atoms with Crippen LogP contribution in [0.3, 0.4) is 0 Å². The Hall–Kier alpha value is -2.17. The lowest BCUT2D eigenvalue weighted by molar-refractivity contribution is 0.0930. The molecule has 27 heavy (non-hydrogen) atoms. The standard InChI is InChI=1S/C23H28N4/c1-4-10-21-18(6-1)7-5-11-22(21)23-24-16-19(25-23)17-26-12-14-27(15-13-26)20-8-2-3-9-20/h1,4-7,10-11,16,20H,2-3,8-9,12-15,17H2,(H,24,25). The Balaban J connectivity index is 1.26. The number of aromatic nitrogens is 2. The molecule has 1 saturated carbocycles. The number of H-pyrrole nitrogens is 1. The highest BCUT2D eigenvalue weighted by atomic mass is 15.3. The van der Waals surface area contributed by atoms with E-state index in [1.54, 1.807) is 0 Å². The van der Waals surface area contributed by atoms with Gasteiger partial charge in [-0.25, -0.2) is 4.98 Å². The monoisotopic (exact) mass is 360 g/mol. The van der Waals surface area contributed by atoms with Crippen LogP contribution < -0.4 is 0 Å². The zero-order chi connectivity index (χ0) is 18.1. The molecule has 0 amide bonds. The molecule has 0 radical (unpaired) electrons. The second-order valence-corrected chi connectivity index (χ2v) is 8.03. The average Bonchev–Trinajstić information content (AvgIpc) is 3.41. The van der Waals surface area contributed by atoms with E-state index in [2.05, 4.69) is 62.2 Å². The Morgan fingerprint density at radius 2 is 1.70 bits per heavy atom. The van der Waals surface area contributed by atoms with Crippen LogP contribution in [0.4, 0.5) is 0 Å². The van der Waals surface area contributed by atoms with E-state index in [0.29, 0.717) is 0 Å². The molecule has 140 valence electrons. The van der Waals surface area contributed by atoms with E-state index in [0.717, 1.165) is 18.4 Å². The van der Waals surface area contributed by atoms with E-state index in [1.807, 2.05) is 6.20 Å². The fourth-order valence-corrected chi connectivity index (χ4v) is 4.81. The van der Waals surface area contributed by atoms with Crippen molar-refractivity contribution >= 4 is 10.8 Å². The van der Waals surface area contributed by atoms with Crippen molar-refractivity contribution in [3.8, 4) is 11.4 Å². The van der Waals surface area contributed by atoms with Crippen molar-refractivity contribution in [3.63, 3.8) is 0 Å². The van der Waals surface area contributed by atoms with Crippen LogP contribution in [-0.2, 0) is 6.54 Å². The van der Waals surface area contributed by atoms with Gasteiger partial charge < -0.3 is 4.98 Å². The van der Waals surface area contributed by atoms with Gasteiger partial charge >= 0.3 is 0 Å². The zero-order valence-corrected chi connectivity index (χ0v) is 15.9. The number of nitrogens with zero attached hydrogens (tertiary/aromatic N) is 3. The molecule has 1 aliphatic carbocycles. The molecule has 0 unspecified atom stereocenters. The molecule has 3 aromatic rings. The quantitative estimate of drug-likeness (QED) is 0.754. The normalized spacial score (nSPS) is 19.9. The summed E-state index contributed by atoms with van der Waals surface area (Å²) in [7, 11) is 0. The van der Waals surface area contributed by atoms with Gasteiger partial charge in [0.05, 0.1) is 0 Å². The maximum absolute atomic E-state index is 4.69. The largest absolute Gasteiger partial charge is 0.341 e. The third-order valence-corrected chi connectivity index (χ3v) is 6.32. The smallest absolute Gasteiger partial charge is 0.138 e. The van der Waals surface area contributed by atoms with Crippen LogP contribution >= 0.6 is 0 Å². The second kappa shape index (κ2) is 7.45. The van der Waals surface area contributed by atoms with E-state index in [-0.39, 0.29) is 0 Å². The van der Waals surface area contributed by atoms with E-state index in [9.17, 15) is 0 Å². The van der Waals surface area contributed by atoms with Gasteiger partial charge in [0, 0.05) is 56.2 Å². The first-order valence-electron chi connectivity index (χ1n) is 10.4. The van der Waals surface area contributed by atoms with E-state index in [1.165, 1.54) is 73.9 Å². The van der Waals surface area contributed by atoms with Crippen LogP contribution in [0.15, 0.2) is 48.7 Å². The summed E-state index contributed by atoms with van der Waals surface area (Å²) in [6.45, 7) is 5.73. The summed E-state index contributed by atoms with van der Waals surface area (Å²) in [5.41, 5.74) is 2.40. The first-order chi connectivity index (χ1) is 13.4.